The van der Waals surface area contributed by atoms with Gasteiger partial charge in [0.25, 0.3) is 0 Å². The van der Waals surface area contributed by atoms with Gasteiger partial charge in [0.1, 0.15) is 5.75 Å². The standard InChI is InChI=1S/C28H39N3O2/c1-30(28(32)23-9-4-3-5-10-23)18-16-26(24-11-8-17-29-21-24)31-19-14-22(15-20-31)25-12-6-7-13-27(25)33-2/h6-8,11-13,17,21-23,26H,3-5,9-10,14-16,18-20H2,1-2H3. The molecule has 0 radical (unpaired) electrons. The van der Waals surface area contributed by atoms with Gasteiger partial charge in [-0.05, 0) is 74.4 Å². The van der Waals surface area contributed by atoms with E-state index >= 15 is 0 Å². The van der Waals surface area contributed by atoms with Gasteiger partial charge in [0.15, 0.2) is 0 Å². The molecular formula is C28H39N3O2. The maximum atomic E-state index is 13.0. The molecule has 2 fully saturated rings. The Morgan fingerprint density at radius 2 is 1.85 bits per heavy atom. The van der Waals surface area contributed by atoms with Crippen molar-refractivity contribution < 1.29 is 9.53 Å². The molecule has 5 heteroatoms. The van der Waals surface area contributed by atoms with E-state index in [1.54, 1.807) is 7.11 Å². The number of pyridine rings is 1. The van der Waals surface area contributed by atoms with Gasteiger partial charge in [-0.3, -0.25) is 14.7 Å². The molecule has 2 heterocycles. The SMILES string of the molecule is COc1ccccc1C1CCN(C(CCN(C)C(=O)C2CCCCC2)c2cccnc2)CC1. The number of aromatic nitrogens is 1. The minimum absolute atomic E-state index is 0.234. The highest BCUT2D eigenvalue weighted by Crippen LogP contribution is 2.37. The molecule has 1 aliphatic carbocycles. The summed E-state index contributed by atoms with van der Waals surface area (Å²) in [5, 5.41) is 0. The average Bonchev–Trinajstić information content (AvgIpc) is 2.89. The topological polar surface area (TPSA) is 45.7 Å². The van der Waals surface area contributed by atoms with Crippen LogP contribution >= 0.6 is 0 Å². The number of likely N-dealkylation sites (tertiary alicyclic amines) is 1. The van der Waals surface area contributed by atoms with Gasteiger partial charge in [-0.15, -0.1) is 0 Å². The van der Waals surface area contributed by atoms with Crippen LogP contribution in [0.5, 0.6) is 5.75 Å². The molecule has 1 unspecified atom stereocenters. The lowest BCUT2D eigenvalue weighted by molar-refractivity contribution is -0.135. The number of piperidine rings is 1. The molecule has 2 aromatic rings. The smallest absolute Gasteiger partial charge is 0.225 e. The zero-order valence-electron chi connectivity index (χ0n) is 20.3. The summed E-state index contributed by atoms with van der Waals surface area (Å²) in [6.45, 7) is 2.88. The van der Waals surface area contributed by atoms with Crippen LogP contribution in [0.1, 0.15) is 74.5 Å². The Morgan fingerprint density at radius 3 is 2.55 bits per heavy atom. The molecule has 1 saturated heterocycles. The summed E-state index contributed by atoms with van der Waals surface area (Å²) in [5.74, 6) is 2.11. The van der Waals surface area contributed by atoms with E-state index in [-0.39, 0.29) is 5.92 Å². The molecular weight excluding hydrogens is 410 g/mol. The molecule has 2 aliphatic rings. The average molecular weight is 450 g/mol. The number of para-hydroxylation sites is 1. The fourth-order valence-electron chi connectivity index (χ4n) is 5.75. The van der Waals surface area contributed by atoms with Crippen molar-refractivity contribution in [2.75, 3.05) is 33.8 Å². The first-order valence-corrected chi connectivity index (χ1v) is 12.7. The zero-order valence-corrected chi connectivity index (χ0v) is 20.3. The first-order chi connectivity index (χ1) is 16.2. The summed E-state index contributed by atoms with van der Waals surface area (Å²) in [5.41, 5.74) is 2.59. The van der Waals surface area contributed by atoms with Crippen molar-refractivity contribution >= 4 is 5.91 Å². The Bertz CT molecular complexity index is 874. The molecule has 0 spiro atoms. The highest BCUT2D eigenvalue weighted by atomic mass is 16.5. The van der Waals surface area contributed by atoms with Crippen LogP contribution in [0.25, 0.3) is 0 Å². The Balaban J connectivity index is 1.40. The zero-order chi connectivity index (χ0) is 23.0. The van der Waals surface area contributed by atoms with E-state index in [2.05, 4.69) is 34.1 Å². The van der Waals surface area contributed by atoms with E-state index in [4.69, 9.17) is 4.74 Å². The number of carbonyl (C=O) groups is 1. The molecule has 1 amide bonds. The predicted octanol–water partition coefficient (Wildman–Crippen LogP) is 5.44. The van der Waals surface area contributed by atoms with Gasteiger partial charge < -0.3 is 9.64 Å². The summed E-state index contributed by atoms with van der Waals surface area (Å²) in [6.07, 6.45) is 12.8. The molecule has 1 aromatic carbocycles. The minimum atomic E-state index is 0.234. The van der Waals surface area contributed by atoms with Gasteiger partial charge in [-0.2, -0.15) is 0 Å². The van der Waals surface area contributed by atoms with Crippen LogP contribution in [-0.4, -0.2) is 54.5 Å². The van der Waals surface area contributed by atoms with Crippen molar-refractivity contribution in [1.29, 1.82) is 0 Å². The number of hydrogen-bond acceptors (Lipinski definition) is 4. The Morgan fingerprint density at radius 1 is 1.09 bits per heavy atom. The summed E-state index contributed by atoms with van der Waals surface area (Å²) >= 11 is 0. The number of benzene rings is 1. The summed E-state index contributed by atoms with van der Waals surface area (Å²) in [7, 11) is 3.75. The fourth-order valence-corrected chi connectivity index (χ4v) is 5.75. The van der Waals surface area contributed by atoms with E-state index < -0.39 is 0 Å². The summed E-state index contributed by atoms with van der Waals surface area (Å²) in [4.78, 5) is 22.0. The maximum Gasteiger partial charge on any atom is 0.225 e. The number of rotatable bonds is 8. The molecule has 1 aliphatic heterocycles. The number of methoxy groups -OCH3 is 1. The van der Waals surface area contributed by atoms with Gasteiger partial charge in [0.05, 0.1) is 7.11 Å². The third-order valence-corrected chi connectivity index (χ3v) is 7.69. The van der Waals surface area contributed by atoms with Crippen LogP contribution in [0.4, 0.5) is 0 Å². The number of hydrogen-bond donors (Lipinski definition) is 0. The number of ether oxygens (including phenoxy) is 1. The van der Waals surface area contributed by atoms with Crippen LogP contribution in [0.2, 0.25) is 0 Å². The van der Waals surface area contributed by atoms with Gasteiger partial charge >= 0.3 is 0 Å². The highest BCUT2D eigenvalue weighted by molar-refractivity contribution is 5.78. The molecule has 0 bridgehead atoms. The second-order valence-corrected chi connectivity index (χ2v) is 9.74. The first kappa shape index (κ1) is 23.7. The quantitative estimate of drug-likeness (QED) is 0.538. The fraction of sp³-hybridized carbons (Fsp3) is 0.571. The lowest BCUT2D eigenvalue weighted by Crippen LogP contribution is -2.39. The number of nitrogens with zero attached hydrogens (tertiary/aromatic N) is 3. The lowest BCUT2D eigenvalue weighted by Gasteiger charge is -2.39. The third-order valence-electron chi connectivity index (χ3n) is 7.69. The normalized spacial score (nSPS) is 19.2. The Hall–Kier alpha value is -2.40. The Kier molecular flexibility index (Phi) is 8.38. The summed E-state index contributed by atoms with van der Waals surface area (Å²) in [6, 6.07) is 12.9. The molecule has 5 nitrogen and oxygen atoms in total. The first-order valence-electron chi connectivity index (χ1n) is 12.7. The number of carbonyl (C=O) groups excluding carboxylic acids is 1. The van der Waals surface area contributed by atoms with Crippen molar-refractivity contribution in [2.24, 2.45) is 5.92 Å². The van der Waals surface area contributed by atoms with E-state index in [0.717, 1.165) is 57.5 Å². The van der Waals surface area contributed by atoms with Crippen molar-refractivity contribution in [1.82, 2.24) is 14.8 Å². The maximum absolute atomic E-state index is 13.0. The van der Waals surface area contributed by atoms with Crippen LogP contribution < -0.4 is 4.74 Å². The monoisotopic (exact) mass is 449 g/mol. The molecule has 1 saturated carbocycles. The van der Waals surface area contributed by atoms with Gasteiger partial charge in [-0.1, -0.05) is 43.5 Å². The number of amides is 1. The van der Waals surface area contributed by atoms with E-state index in [1.165, 1.54) is 30.4 Å². The van der Waals surface area contributed by atoms with Gasteiger partial charge in [0.2, 0.25) is 5.91 Å². The highest BCUT2D eigenvalue weighted by Gasteiger charge is 2.29. The second kappa shape index (κ2) is 11.6. The van der Waals surface area contributed by atoms with Gasteiger partial charge in [-0.25, -0.2) is 0 Å². The van der Waals surface area contributed by atoms with Gasteiger partial charge in [0, 0.05) is 37.9 Å². The van der Waals surface area contributed by atoms with Crippen LogP contribution in [0.15, 0.2) is 48.8 Å². The van der Waals surface area contributed by atoms with Crippen molar-refractivity contribution in [3.63, 3.8) is 0 Å². The van der Waals surface area contributed by atoms with E-state index in [9.17, 15) is 4.79 Å². The third kappa shape index (κ3) is 5.94. The van der Waals surface area contributed by atoms with Crippen molar-refractivity contribution in [3.8, 4) is 5.75 Å². The van der Waals surface area contributed by atoms with Crippen LogP contribution in [-0.2, 0) is 4.79 Å². The predicted molar refractivity (Wildman–Crippen MR) is 132 cm³/mol. The molecule has 33 heavy (non-hydrogen) atoms. The minimum Gasteiger partial charge on any atom is -0.496 e. The molecule has 0 N–H and O–H groups in total. The second-order valence-electron chi connectivity index (χ2n) is 9.74. The van der Waals surface area contributed by atoms with Crippen molar-refractivity contribution in [2.45, 2.75) is 63.3 Å². The molecule has 1 aromatic heterocycles. The Labute approximate surface area is 199 Å². The van der Waals surface area contributed by atoms with Crippen molar-refractivity contribution in [3.05, 3.63) is 59.9 Å². The molecule has 178 valence electrons. The molecule has 4 rings (SSSR count). The lowest BCUT2D eigenvalue weighted by atomic mass is 9.87. The van der Waals surface area contributed by atoms with E-state index in [1.807, 2.05) is 36.5 Å². The van der Waals surface area contributed by atoms with Crippen LogP contribution in [0, 0.1) is 5.92 Å². The molecule has 1 atom stereocenters. The largest absolute Gasteiger partial charge is 0.496 e. The van der Waals surface area contributed by atoms with E-state index in [0.29, 0.717) is 17.9 Å². The summed E-state index contributed by atoms with van der Waals surface area (Å²) < 4.78 is 5.62. The van der Waals surface area contributed by atoms with Crippen LogP contribution in [0.3, 0.4) is 0 Å².